The average molecular weight is 309 g/mol. The monoisotopic (exact) mass is 308 g/mol. The smallest absolute Gasteiger partial charge is 0.0436 e. The molecule has 1 N–H and O–H groups in total. The largest absolute Gasteiger partial charge is 0.396 e. The second-order valence-corrected chi connectivity index (χ2v) is 9.53. The third kappa shape index (κ3) is 3.55. The maximum Gasteiger partial charge on any atom is 0.0436 e. The van der Waals surface area contributed by atoms with Gasteiger partial charge in [-0.25, -0.2) is 0 Å². The molecule has 22 heavy (non-hydrogen) atoms. The van der Waals surface area contributed by atoms with Gasteiger partial charge < -0.3 is 5.11 Å². The van der Waals surface area contributed by atoms with Gasteiger partial charge in [-0.2, -0.15) is 0 Å². The predicted molar refractivity (Wildman–Crippen MR) is 95.8 cm³/mol. The summed E-state index contributed by atoms with van der Waals surface area (Å²) in [5.74, 6) is 3.49. The van der Waals surface area contributed by atoms with Crippen LogP contribution in [0.25, 0.3) is 0 Å². The first-order chi connectivity index (χ1) is 10.3. The lowest BCUT2D eigenvalue weighted by molar-refractivity contribution is -0.0351. The molecule has 0 radical (unpaired) electrons. The maximum absolute atomic E-state index is 9.53. The first kappa shape index (κ1) is 18.3. The lowest BCUT2D eigenvalue weighted by Crippen LogP contribution is -2.44. The Balaban J connectivity index is 2.03. The fourth-order valence-electron chi connectivity index (χ4n) is 6.35. The number of rotatable bonds is 7. The third-order valence-electron chi connectivity index (χ3n) is 7.52. The molecule has 0 bridgehead atoms. The molecule has 0 aromatic heterocycles. The van der Waals surface area contributed by atoms with Crippen LogP contribution in [0.15, 0.2) is 0 Å². The Kier molecular flexibility index (Phi) is 6.02. The van der Waals surface area contributed by atoms with Crippen LogP contribution < -0.4 is 0 Å². The van der Waals surface area contributed by atoms with Crippen LogP contribution in [0.3, 0.4) is 0 Å². The second-order valence-electron chi connectivity index (χ2n) is 9.53. The highest BCUT2D eigenvalue weighted by Crippen LogP contribution is 2.64. The molecule has 2 saturated carbocycles. The molecule has 0 aliphatic heterocycles. The summed E-state index contributed by atoms with van der Waals surface area (Å²) in [5, 5.41) is 9.53. The van der Waals surface area contributed by atoms with Crippen molar-refractivity contribution in [3.8, 4) is 0 Å². The average Bonchev–Trinajstić information content (AvgIpc) is 2.77. The Labute approximate surface area is 139 Å². The van der Waals surface area contributed by atoms with E-state index < -0.39 is 0 Å². The second kappa shape index (κ2) is 7.24. The van der Waals surface area contributed by atoms with E-state index in [1.54, 1.807) is 0 Å². The summed E-state index contributed by atoms with van der Waals surface area (Å²) in [7, 11) is 0. The molecule has 1 nitrogen and oxygen atoms in total. The number of fused-ring (bicyclic) bond motifs is 1. The summed E-state index contributed by atoms with van der Waals surface area (Å²) in [6, 6.07) is 0. The van der Waals surface area contributed by atoms with E-state index in [0.29, 0.717) is 17.4 Å². The predicted octanol–water partition coefficient (Wildman–Crippen LogP) is 6.05. The standard InChI is InChI=1S/C21H40O/c1-16(2)8-6-9-17(3)18-10-11-19-20(4,14-15-22)12-7-13-21(18,19)5/h16-19,22H,6-15H2,1-5H3/t17-,18-,19?,20+,21-/m1/s1. The first-order valence-corrected chi connectivity index (χ1v) is 9.94. The Hall–Kier alpha value is -0.0400. The minimum atomic E-state index is 0.373. The molecule has 0 heterocycles. The van der Waals surface area contributed by atoms with Crippen LogP contribution in [0.2, 0.25) is 0 Å². The van der Waals surface area contributed by atoms with Crippen LogP contribution in [-0.4, -0.2) is 11.7 Å². The van der Waals surface area contributed by atoms with Gasteiger partial charge in [0, 0.05) is 6.61 Å². The number of aliphatic hydroxyl groups is 1. The molecule has 1 heteroatoms. The minimum Gasteiger partial charge on any atom is -0.396 e. The van der Waals surface area contributed by atoms with Gasteiger partial charge in [-0.3, -0.25) is 0 Å². The number of hydrogen-bond acceptors (Lipinski definition) is 1. The van der Waals surface area contributed by atoms with E-state index in [-0.39, 0.29) is 0 Å². The van der Waals surface area contributed by atoms with E-state index in [4.69, 9.17) is 0 Å². The molecule has 0 aromatic carbocycles. The first-order valence-electron chi connectivity index (χ1n) is 9.94. The van der Waals surface area contributed by atoms with E-state index >= 15 is 0 Å². The zero-order chi connectivity index (χ0) is 16.4. The summed E-state index contributed by atoms with van der Waals surface area (Å²) in [6.07, 6.45) is 12.2. The Morgan fingerprint density at radius 1 is 1.05 bits per heavy atom. The number of hydrogen-bond donors (Lipinski definition) is 1. The van der Waals surface area contributed by atoms with Gasteiger partial charge in [-0.1, -0.05) is 60.3 Å². The SMILES string of the molecule is CC(C)CCC[C@@H](C)[C@H]1CCC2[C@](C)(CCO)CCC[C@@]21C. The molecule has 0 aromatic rings. The van der Waals surface area contributed by atoms with Gasteiger partial charge in [0.1, 0.15) is 0 Å². The van der Waals surface area contributed by atoms with Crippen LogP contribution in [0.1, 0.15) is 92.4 Å². The van der Waals surface area contributed by atoms with Gasteiger partial charge in [-0.15, -0.1) is 0 Å². The van der Waals surface area contributed by atoms with Crippen molar-refractivity contribution in [2.75, 3.05) is 6.61 Å². The summed E-state index contributed by atoms with van der Waals surface area (Å²) < 4.78 is 0. The van der Waals surface area contributed by atoms with Crippen molar-refractivity contribution >= 4 is 0 Å². The molecular weight excluding hydrogens is 268 g/mol. The highest BCUT2D eigenvalue weighted by atomic mass is 16.3. The van der Waals surface area contributed by atoms with Gasteiger partial charge >= 0.3 is 0 Å². The molecular formula is C21H40O. The molecule has 1 unspecified atom stereocenters. The third-order valence-corrected chi connectivity index (χ3v) is 7.52. The molecule has 0 spiro atoms. The molecule has 2 aliphatic carbocycles. The normalized spacial score (nSPS) is 40.0. The van der Waals surface area contributed by atoms with Crippen molar-refractivity contribution in [2.24, 2.45) is 34.5 Å². The van der Waals surface area contributed by atoms with Gasteiger partial charge in [0.05, 0.1) is 0 Å². The van der Waals surface area contributed by atoms with Gasteiger partial charge in [0.2, 0.25) is 0 Å². The Bertz CT molecular complexity index is 346. The van der Waals surface area contributed by atoms with Crippen LogP contribution in [0.5, 0.6) is 0 Å². The van der Waals surface area contributed by atoms with E-state index in [1.807, 2.05) is 0 Å². The minimum absolute atomic E-state index is 0.373. The van der Waals surface area contributed by atoms with E-state index in [2.05, 4.69) is 34.6 Å². The maximum atomic E-state index is 9.53. The van der Waals surface area contributed by atoms with Gasteiger partial charge in [0.25, 0.3) is 0 Å². The summed E-state index contributed by atoms with van der Waals surface area (Å²) in [6.45, 7) is 12.7. The lowest BCUT2D eigenvalue weighted by atomic mass is 9.53. The summed E-state index contributed by atoms with van der Waals surface area (Å²) in [5.41, 5.74) is 0.938. The van der Waals surface area contributed by atoms with E-state index in [9.17, 15) is 5.11 Å². The zero-order valence-corrected chi connectivity index (χ0v) is 15.8. The van der Waals surface area contributed by atoms with Crippen LogP contribution in [-0.2, 0) is 0 Å². The summed E-state index contributed by atoms with van der Waals surface area (Å²) >= 11 is 0. The van der Waals surface area contributed by atoms with Crippen molar-refractivity contribution < 1.29 is 5.11 Å². The Morgan fingerprint density at radius 2 is 1.77 bits per heavy atom. The highest BCUT2D eigenvalue weighted by molar-refractivity contribution is 5.05. The van der Waals surface area contributed by atoms with Gasteiger partial charge in [0.15, 0.2) is 0 Å². The van der Waals surface area contributed by atoms with Crippen LogP contribution in [0.4, 0.5) is 0 Å². The summed E-state index contributed by atoms with van der Waals surface area (Å²) in [4.78, 5) is 0. The fourth-order valence-corrected chi connectivity index (χ4v) is 6.35. The van der Waals surface area contributed by atoms with Crippen molar-refractivity contribution in [3.63, 3.8) is 0 Å². The van der Waals surface area contributed by atoms with Crippen molar-refractivity contribution in [1.29, 1.82) is 0 Å². The zero-order valence-electron chi connectivity index (χ0n) is 15.8. The molecule has 2 fully saturated rings. The van der Waals surface area contributed by atoms with E-state index in [1.165, 1.54) is 51.4 Å². The van der Waals surface area contributed by atoms with Crippen molar-refractivity contribution in [2.45, 2.75) is 92.4 Å². The number of aliphatic hydroxyl groups excluding tert-OH is 1. The molecule has 0 saturated heterocycles. The molecule has 0 amide bonds. The topological polar surface area (TPSA) is 20.2 Å². The van der Waals surface area contributed by atoms with Crippen molar-refractivity contribution in [3.05, 3.63) is 0 Å². The van der Waals surface area contributed by atoms with Crippen LogP contribution >= 0.6 is 0 Å². The molecule has 2 aliphatic rings. The van der Waals surface area contributed by atoms with Crippen molar-refractivity contribution in [1.82, 2.24) is 0 Å². The quantitative estimate of drug-likeness (QED) is 0.606. The van der Waals surface area contributed by atoms with E-state index in [0.717, 1.165) is 30.1 Å². The Morgan fingerprint density at radius 3 is 2.41 bits per heavy atom. The fraction of sp³-hybridized carbons (Fsp3) is 1.00. The lowest BCUT2D eigenvalue weighted by Gasteiger charge is -2.52. The van der Waals surface area contributed by atoms with Crippen LogP contribution in [0, 0.1) is 34.5 Å². The highest BCUT2D eigenvalue weighted by Gasteiger charge is 2.55. The molecule has 130 valence electrons. The molecule has 5 atom stereocenters. The van der Waals surface area contributed by atoms with Gasteiger partial charge in [-0.05, 0) is 66.6 Å². The molecule has 2 rings (SSSR count).